The minimum absolute atomic E-state index is 0.0208. The van der Waals surface area contributed by atoms with E-state index in [0.717, 1.165) is 5.75 Å². The number of benzene rings is 1. The van der Waals surface area contributed by atoms with Crippen molar-refractivity contribution in [2.75, 3.05) is 38.6 Å². The highest BCUT2D eigenvalue weighted by Crippen LogP contribution is 2.14. The van der Waals surface area contributed by atoms with E-state index in [0.29, 0.717) is 32.0 Å². The zero-order valence-corrected chi connectivity index (χ0v) is 9.59. The van der Waals surface area contributed by atoms with Crippen molar-refractivity contribution < 1.29 is 14.3 Å². The van der Waals surface area contributed by atoms with Crippen LogP contribution in [-0.2, 0) is 9.53 Å². The van der Waals surface area contributed by atoms with Gasteiger partial charge in [-0.2, -0.15) is 0 Å². The van der Waals surface area contributed by atoms with Gasteiger partial charge in [0.25, 0.3) is 0 Å². The summed E-state index contributed by atoms with van der Waals surface area (Å²) >= 11 is 0. The molecule has 1 fully saturated rings. The molecule has 2 rings (SSSR count). The normalized spacial score (nSPS) is 16.0. The van der Waals surface area contributed by atoms with Crippen LogP contribution in [0.15, 0.2) is 24.3 Å². The summed E-state index contributed by atoms with van der Waals surface area (Å²) in [4.78, 5) is 13.2. The number of carbonyl (C=O) groups is 1. The van der Waals surface area contributed by atoms with Gasteiger partial charge in [-0.25, -0.2) is 0 Å². The van der Waals surface area contributed by atoms with Crippen LogP contribution in [0.3, 0.4) is 0 Å². The molecule has 92 valence electrons. The van der Waals surface area contributed by atoms with Crippen molar-refractivity contribution in [1.29, 1.82) is 0 Å². The smallest absolute Gasteiger partial charge is 0.248 e. The number of morpholine rings is 1. The van der Waals surface area contributed by atoms with Crippen molar-refractivity contribution in [2.45, 2.75) is 0 Å². The maximum Gasteiger partial charge on any atom is 0.248 e. The van der Waals surface area contributed by atoms with Crippen LogP contribution >= 0.6 is 0 Å². The van der Waals surface area contributed by atoms with Crippen LogP contribution in [0.2, 0.25) is 0 Å². The van der Waals surface area contributed by atoms with Crippen LogP contribution in [0.4, 0.5) is 5.69 Å². The van der Waals surface area contributed by atoms with Gasteiger partial charge >= 0.3 is 0 Å². The maximum absolute atomic E-state index is 11.4. The highest BCUT2D eigenvalue weighted by atomic mass is 16.5. The second-order valence-electron chi connectivity index (χ2n) is 3.85. The Hall–Kier alpha value is -1.75. The largest absolute Gasteiger partial charge is 0.492 e. The molecule has 0 unspecified atom stereocenters. The Morgan fingerprint density at radius 1 is 1.47 bits per heavy atom. The Labute approximate surface area is 100 Å². The molecule has 1 saturated heterocycles. The first kappa shape index (κ1) is 11.7. The second-order valence-corrected chi connectivity index (χ2v) is 3.85. The van der Waals surface area contributed by atoms with Gasteiger partial charge in [-0.05, 0) is 12.1 Å². The predicted octanol–water partition coefficient (Wildman–Crippen LogP) is 0.506. The van der Waals surface area contributed by atoms with E-state index in [-0.39, 0.29) is 12.5 Å². The SMILES string of the molecule is Nc1cccc(OCCN2CCOCC2=O)c1. The van der Waals surface area contributed by atoms with Crippen molar-refractivity contribution in [2.24, 2.45) is 0 Å². The second kappa shape index (κ2) is 5.54. The summed E-state index contributed by atoms with van der Waals surface area (Å²) in [5, 5.41) is 0. The molecule has 5 heteroatoms. The number of amides is 1. The van der Waals surface area contributed by atoms with E-state index in [4.69, 9.17) is 15.2 Å². The van der Waals surface area contributed by atoms with Gasteiger partial charge < -0.3 is 20.1 Å². The molecule has 2 N–H and O–H groups in total. The molecular weight excluding hydrogens is 220 g/mol. The zero-order chi connectivity index (χ0) is 12.1. The Kier molecular flexibility index (Phi) is 3.82. The molecular formula is C12H16N2O3. The molecule has 0 atom stereocenters. The van der Waals surface area contributed by atoms with Crippen molar-refractivity contribution in [3.8, 4) is 5.75 Å². The maximum atomic E-state index is 11.4. The van der Waals surface area contributed by atoms with Crippen molar-refractivity contribution in [1.82, 2.24) is 4.90 Å². The summed E-state index contributed by atoms with van der Waals surface area (Å²) < 4.78 is 10.6. The number of ether oxygens (including phenoxy) is 2. The third kappa shape index (κ3) is 3.35. The van der Waals surface area contributed by atoms with E-state index in [1.807, 2.05) is 12.1 Å². The quantitative estimate of drug-likeness (QED) is 0.773. The van der Waals surface area contributed by atoms with Crippen molar-refractivity contribution >= 4 is 11.6 Å². The predicted molar refractivity (Wildman–Crippen MR) is 63.7 cm³/mol. The monoisotopic (exact) mass is 236 g/mol. The van der Waals surface area contributed by atoms with Gasteiger partial charge in [0.1, 0.15) is 19.0 Å². The summed E-state index contributed by atoms with van der Waals surface area (Å²) in [6.45, 7) is 2.47. The number of hydrogen-bond donors (Lipinski definition) is 1. The number of hydrogen-bond acceptors (Lipinski definition) is 4. The first-order valence-electron chi connectivity index (χ1n) is 5.59. The summed E-state index contributed by atoms with van der Waals surface area (Å²) in [5.74, 6) is 0.748. The van der Waals surface area contributed by atoms with Crippen LogP contribution in [0, 0.1) is 0 Å². The van der Waals surface area contributed by atoms with Gasteiger partial charge in [-0.1, -0.05) is 6.07 Å². The first-order chi connectivity index (χ1) is 8.25. The Bertz CT molecular complexity index is 395. The molecule has 5 nitrogen and oxygen atoms in total. The molecule has 0 saturated carbocycles. The van der Waals surface area contributed by atoms with Crippen molar-refractivity contribution in [3.05, 3.63) is 24.3 Å². The summed E-state index contributed by atoms with van der Waals surface area (Å²) in [7, 11) is 0. The highest BCUT2D eigenvalue weighted by molar-refractivity contribution is 5.77. The fraction of sp³-hybridized carbons (Fsp3) is 0.417. The number of nitrogens with two attached hydrogens (primary N) is 1. The van der Waals surface area contributed by atoms with Gasteiger partial charge in [0.15, 0.2) is 0 Å². The molecule has 1 amide bonds. The number of anilines is 1. The van der Waals surface area contributed by atoms with E-state index in [1.165, 1.54) is 0 Å². The number of carbonyl (C=O) groups excluding carboxylic acids is 1. The van der Waals surface area contributed by atoms with Gasteiger partial charge in [-0.3, -0.25) is 4.79 Å². The minimum atomic E-state index is 0.0208. The van der Waals surface area contributed by atoms with Crippen LogP contribution in [0.25, 0.3) is 0 Å². The van der Waals surface area contributed by atoms with Crippen molar-refractivity contribution in [3.63, 3.8) is 0 Å². The molecule has 1 aliphatic rings. The number of rotatable bonds is 4. The Balaban J connectivity index is 1.77. The molecule has 1 aromatic carbocycles. The molecule has 0 bridgehead atoms. The van der Waals surface area contributed by atoms with E-state index in [9.17, 15) is 4.79 Å². The molecule has 0 aromatic heterocycles. The third-order valence-electron chi connectivity index (χ3n) is 2.57. The van der Waals surface area contributed by atoms with E-state index in [1.54, 1.807) is 17.0 Å². The lowest BCUT2D eigenvalue weighted by Gasteiger charge is -2.26. The lowest BCUT2D eigenvalue weighted by molar-refractivity contribution is -0.143. The van der Waals surface area contributed by atoms with E-state index in [2.05, 4.69) is 0 Å². The molecule has 0 aliphatic carbocycles. The molecule has 0 radical (unpaired) electrons. The molecule has 1 aliphatic heterocycles. The number of nitrogens with zero attached hydrogens (tertiary/aromatic N) is 1. The van der Waals surface area contributed by atoms with Crippen LogP contribution in [0.1, 0.15) is 0 Å². The lowest BCUT2D eigenvalue weighted by Crippen LogP contribution is -2.43. The summed E-state index contributed by atoms with van der Waals surface area (Å²) in [6, 6.07) is 7.25. The average molecular weight is 236 g/mol. The standard InChI is InChI=1S/C12H16N2O3/c13-10-2-1-3-11(8-10)17-7-5-14-4-6-16-9-12(14)15/h1-3,8H,4-7,9,13H2. The van der Waals surface area contributed by atoms with Gasteiger partial charge in [-0.15, -0.1) is 0 Å². The number of nitrogen functional groups attached to an aromatic ring is 1. The van der Waals surface area contributed by atoms with Gasteiger partial charge in [0.05, 0.1) is 13.2 Å². The minimum Gasteiger partial charge on any atom is -0.492 e. The van der Waals surface area contributed by atoms with E-state index < -0.39 is 0 Å². The van der Waals surface area contributed by atoms with Crippen LogP contribution in [0.5, 0.6) is 5.75 Å². The molecule has 17 heavy (non-hydrogen) atoms. The average Bonchev–Trinajstić information content (AvgIpc) is 2.32. The molecule has 1 heterocycles. The third-order valence-corrected chi connectivity index (χ3v) is 2.57. The first-order valence-corrected chi connectivity index (χ1v) is 5.59. The summed E-state index contributed by atoms with van der Waals surface area (Å²) in [6.07, 6.45) is 0. The van der Waals surface area contributed by atoms with E-state index >= 15 is 0 Å². The zero-order valence-electron chi connectivity index (χ0n) is 9.59. The Morgan fingerprint density at radius 3 is 3.12 bits per heavy atom. The molecule has 0 spiro atoms. The lowest BCUT2D eigenvalue weighted by atomic mass is 10.3. The van der Waals surface area contributed by atoms with Gasteiger partial charge in [0, 0.05) is 18.3 Å². The van der Waals surface area contributed by atoms with Crippen LogP contribution < -0.4 is 10.5 Å². The van der Waals surface area contributed by atoms with Gasteiger partial charge in [0.2, 0.25) is 5.91 Å². The topological polar surface area (TPSA) is 64.8 Å². The summed E-state index contributed by atoms with van der Waals surface area (Å²) in [5.41, 5.74) is 6.31. The van der Waals surface area contributed by atoms with Crippen LogP contribution in [-0.4, -0.2) is 43.7 Å². The Morgan fingerprint density at radius 2 is 2.35 bits per heavy atom. The highest BCUT2D eigenvalue weighted by Gasteiger charge is 2.17. The fourth-order valence-electron chi connectivity index (χ4n) is 1.66. The fourth-order valence-corrected chi connectivity index (χ4v) is 1.66. The molecule has 1 aromatic rings.